The fourth-order valence-electron chi connectivity index (χ4n) is 3.74. The Morgan fingerprint density at radius 2 is 1.58 bits per heavy atom. The highest BCUT2D eigenvalue weighted by Gasteiger charge is 2.15. The van der Waals surface area contributed by atoms with E-state index in [1.807, 2.05) is 31.2 Å². The third-order valence-electron chi connectivity index (χ3n) is 5.73. The zero-order valence-electron chi connectivity index (χ0n) is 19.0. The van der Waals surface area contributed by atoms with Gasteiger partial charge in [-0.05, 0) is 66.8 Å². The first-order valence-electron chi connectivity index (χ1n) is 10.9. The van der Waals surface area contributed by atoms with Gasteiger partial charge in [-0.2, -0.15) is 0 Å². The Morgan fingerprint density at radius 3 is 2.32 bits per heavy atom. The zero-order valence-corrected chi connectivity index (χ0v) is 19.0. The molecule has 1 atom stereocenters. The highest BCUT2D eigenvalue weighted by atomic mass is 16.5. The SMILES string of the molecule is COc1cc(C[NH2+]CCc2ccccc2)ccc1OC[C@H](O)c1cc(C)c(C)cc1C. The predicted molar refractivity (Wildman–Crippen MR) is 125 cm³/mol. The summed E-state index contributed by atoms with van der Waals surface area (Å²) in [7, 11) is 1.65. The van der Waals surface area contributed by atoms with E-state index in [2.05, 4.69) is 55.6 Å². The Hall–Kier alpha value is -2.82. The van der Waals surface area contributed by atoms with Crippen molar-refractivity contribution < 1.29 is 19.9 Å². The quantitative estimate of drug-likeness (QED) is 0.487. The number of hydrogen-bond donors (Lipinski definition) is 2. The molecule has 3 N–H and O–H groups in total. The van der Waals surface area contributed by atoms with E-state index in [0.29, 0.717) is 11.5 Å². The number of aliphatic hydroxyl groups excluding tert-OH is 1. The smallest absolute Gasteiger partial charge is 0.161 e. The maximum Gasteiger partial charge on any atom is 0.161 e. The van der Waals surface area contributed by atoms with Crippen molar-refractivity contribution in [3.8, 4) is 11.5 Å². The fourth-order valence-corrected chi connectivity index (χ4v) is 3.74. The molecular formula is C27H34NO3+. The molecule has 0 spiro atoms. The van der Waals surface area contributed by atoms with Crippen LogP contribution in [-0.2, 0) is 13.0 Å². The molecule has 0 aliphatic carbocycles. The Bertz CT molecular complexity index is 985. The van der Waals surface area contributed by atoms with Gasteiger partial charge in [-0.25, -0.2) is 0 Å². The zero-order chi connectivity index (χ0) is 22.2. The topological polar surface area (TPSA) is 55.3 Å². The summed E-state index contributed by atoms with van der Waals surface area (Å²) in [5.74, 6) is 1.34. The van der Waals surface area contributed by atoms with Crippen LogP contribution in [0, 0.1) is 20.8 Å². The second kappa shape index (κ2) is 11.0. The molecule has 4 heteroatoms. The monoisotopic (exact) mass is 420 g/mol. The summed E-state index contributed by atoms with van der Waals surface area (Å²) in [6.07, 6.45) is 0.365. The van der Waals surface area contributed by atoms with E-state index < -0.39 is 6.10 Å². The minimum Gasteiger partial charge on any atom is -0.493 e. The molecular weight excluding hydrogens is 386 g/mol. The van der Waals surface area contributed by atoms with E-state index in [0.717, 1.165) is 30.6 Å². The van der Waals surface area contributed by atoms with Gasteiger partial charge in [0.05, 0.1) is 13.7 Å². The fraction of sp³-hybridized carbons (Fsp3) is 0.333. The van der Waals surface area contributed by atoms with Crippen LogP contribution >= 0.6 is 0 Å². The standard InChI is InChI=1S/C27H33NO3/c1-19-14-21(3)24(15-20(19)2)25(29)18-31-26-11-10-23(16-27(26)30-4)17-28-13-12-22-8-6-5-7-9-22/h5-11,14-16,25,28-29H,12-13,17-18H2,1-4H3/p+1/t25-/m0/s1. The number of rotatable bonds is 10. The number of quaternary nitrogens is 1. The largest absolute Gasteiger partial charge is 0.493 e. The van der Waals surface area contributed by atoms with E-state index >= 15 is 0 Å². The molecule has 0 amide bonds. The van der Waals surface area contributed by atoms with Crippen molar-refractivity contribution in [2.24, 2.45) is 0 Å². The first-order chi connectivity index (χ1) is 15.0. The van der Waals surface area contributed by atoms with Crippen LogP contribution in [0.25, 0.3) is 0 Å². The number of ether oxygens (including phenoxy) is 2. The molecule has 0 aliphatic heterocycles. The molecule has 0 radical (unpaired) electrons. The number of aliphatic hydroxyl groups is 1. The molecule has 3 aromatic carbocycles. The number of benzene rings is 3. The number of methoxy groups -OCH3 is 1. The van der Waals surface area contributed by atoms with Crippen LogP contribution in [0.4, 0.5) is 0 Å². The summed E-state index contributed by atoms with van der Waals surface area (Å²) < 4.78 is 11.5. The predicted octanol–water partition coefficient (Wildman–Crippen LogP) is 4.04. The molecule has 0 aromatic heterocycles. The van der Waals surface area contributed by atoms with Crippen molar-refractivity contribution in [1.29, 1.82) is 0 Å². The Balaban J connectivity index is 1.55. The van der Waals surface area contributed by atoms with E-state index in [-0.39, 0.29) is 6.61 Å². The molecule has 3 rings (SSSR count). The van der Waals surface area contributed by atoms with Crippen molar-refractivity contribution in [2.75, 3.05) is 20.3 Å². The molecule has 31 heavy (non-hydrogen) atoms. The van der Waals surface area contributed by atoms with Crippen LogP contribution in [-0.4, -0.2) is 25.4 Å². The highest BCUT2D eigenvalue weighted by Crippen LogP contribution is 2.29. The average molecular weight is 421 g/mol. The Kier molecular flexibility index (Phi) is 8.10. The van der Waals surface area contributed by atoms with E-state index in [9.17, 15) is 5.11 Å². The van der Waals surface area contributed by atoms with Crippen LogP contribution in [0.15, 0.2) is 60.7 Å². The molecule has 0 unspecified atom stereocenters. The summed E-state index contributed by atoms with van der Waals surface area (Å²) in [5, 5.41) is 13.0. The molecule has 0 bridgehead atoms. The second-order valence-electron chi connectivity index (χ2n) is 8.12. The van der Waals surface area contributed by atoms with E-state index in [1.54, 1.807) is 7.11 Å². The lowest BCUT2D eigenvalue weighted by Crippen LogP contribution is -2.83. The van der Waals surface area contributed by atoms with Crippen molar-refractivity contribution >= 4 is 0 Å². The number of nitrogens with two attached hydrogens (primary N) is 1. The summed E-state index contributed by atoms with van der Waals surface area (Å²) in [6, 6.07) is 20.7. The molecule has 4 nitrogen and oxygen atoms in total. The molecule has 164 valence electrons. The van der Waals surface area contributed by atoms with Gasteiger partial charge in [-0.1, -0.05) is 42.5 Å². The van der Waals surface area contributed by atoms with Gasteiger partial charge in [0, 0.05) is 12.0 Å². The minimum atomic E-state index is -0.685. The minimum absolute atomic E-state index is 0.183. The lowest BCUT2D eigenvalue weighted by molar-refractivity contribution is -0.670. The summed E-state index contributed by atoms with van der Waals surface area (Å²) in [5.41, 5.74) is 6.93. The van der Waals surface area contributed by atoms with Gasteiger partial charge < -0.3 is 19.9 Å². The first-order valence-corrected chi connectivity index (χ1v) is 10.9. The van der Waals surface area contributed by atoms with Gasteiger partial charge in [-0.3, -0.25) is 0 Å². The normalized spacial score (nSPS) is 11.9. The van der Waals surface area contributed by atoms with Gasteiger partial charge >= 0.3 is 0 Å². The molecule has 3 aromatic rings. The van der Waals surface area contributed by atoms with Gasteiger partial charge in [0.25, 0.3) is 0 Å². The molecule has 0 saturated heterocycles. The molecule has 0 heterocycles. The lowest BCUT2D eigenvalue weighted by Gasteiger charge is -2.18. The van der Waals surface area contributed by atoms with Gasteiger partial charge in [0.1, 0.15) is 19.3 Å². The van der Waals surface area contributed by atoms with Crippen LogP contribution in [0.5, 0.6) is 11.5 Å². The second-order valence-corrected chi connectivity index (χ2v) is 8.12. The van der Waals surface area contributed by atoms with Crippen molar-refractivity contribution in [3.63, 3.8) is 0 Å². The number of aryl methyl sites for hydroxylation is 3. The van der Waals surface area contributed by atoms with Gasteiger partial charge in [0.15, 0.2) is 11.5 Å². The first kappa shape index (κ1) is 22.9. The molecule has 0 saturated carbocycles. The number of hydrogen-bond acceptors (Lipinski definition) is 3. The molecule has 0 aliphatic rings. The summed E-state index contributed by atoms with van der Waals surface area (Å²) in [6.45, 7) is 8.27. The van der Waals surface area contributed by atoms with Crippen LogP contribution in [0.1, 0.15) is 39.5 Å². The van der Waals surface area contributed by atoms with Crippen LogP contribution < -0.4 is 14.8 Å². The maximum atomic E-state index is 10.7. The third-order valence-corrected chi connectivity index (χ3v) is 5.73. The summed E-state index contributed by atoms with van der Waals surface area (Å²) >= 11 is 0. The van der Waals surface area contributed by atoms with Gasteiger partial charge in [-0.15, -0.1) is 0 Å². The average Bonchev–Trinajstić information content (AvgIpc) is 2.78. The van der Waals surface area contributed by atoms with Gasteiger partial charge in [0.2, 0.25) is 0 Å². The van der Waals surface area contributed by atoms with E-state index in [4.69, 9.17) is 9.47 Å². The third kappa shape index (κ3) is 6.33. The highest BCUT2D eigenvalue weighted by molar-refractivity contribution is 5.43. The lowest BCUT2D eigenvalue weighted by atomic mass is 9.97. The Labute approximate surface area is 185 Å². The Morgan fingerprint density at radius 1 is 0.839 bits per heavy atom. The van der Waals surface area contributed by atoms with Crippen molar-refractivity contribution in [2.45, 2.75) is 39.8 Å². The van der Waals surface area contributed by atoms with Crippen LogP contribution in [0.3, 0.4) is 0 Å². The maximum absolute atomic E-state index is 10.7. The van der Waals surface area contributed by atoms with Crippen LogP contribution in [0.2, 0.25) is 0 Å². The molecule has 0 fully saturated rings. The van der Waals surface area contributed by atoms with E-state index in [1.165, 1.54) is 22.3 Å². The summed E-state index contributed by atoms with van der Waals surface area (Å²) in [4.78, 5) is 0. The van der Waals surface area contributed by atoms with Crippen molar-refractivity contribution in [1.82, 2.24) is 0 Å². The van der Waals surface area contributed by atoms with Crippen molar-refractivity contribution in [3.05, 3.63) is 94.0 Å².